The van der Waals surface area contributed by atoms with Crippen molar-refractivity contribution in [2.75, 3.05) is 0 Å². The molecule has 0 saturated carbocycles. The van der Waals surface area contributed by atoms with Crippen molar-refractivity contribution in [2.24, 2.45) is 0 Å². The number of nitrogens with zero attached hydrogens (tertiary/aromatic N) is 1. The number of urea groups is 1. The van der Waals surface area contributed by atoms with Crippen LogP contribution in [0.2, 0.25) is 0 Å². The Bertz CT molecular complexity index is 596. The Morgan fingerprint density at radius 2 is 1.90 bits per heavy atom. The van der Waals surface area contributed by atoms with Crippen LogP contribution in [0.1, 0.15) is 31.9 Å². The SMILES string of the molecule is CCc1ccc(C2(C)NC(=O)N(C(C)C(=O)O)C2=O)cc1. The molecule has 0 spiro atoms. The van der Waals surface area contributed by atoms with Crippen molar-refractivity contribution >= 4 is 17.9 Å². The van der Waals surface area contributed by atoms with E-state index in [2.05, 4.69) is 5.32 Å². The van der Waals surface area contributed by atoms with Gasteiger partial charge in [-0.25, -0.2) is 14.5 Å². The Balaban J connectivity index is 2.37. The summed E-state index contributed by atoms with van der Waals surface area (Å²) in [5.74, 6) is -1.77. The van der Waals surface area contributed by atoms with Crippen molar-refractivity contribution in [3.8, 4) is 0 Å². The van der Waals surface area contributed by atoms with Crippen LogP contribution in [0, 0.1) is 0 Å². The molecule has 0 aliphatic carbocycles. The van der Waals surface area contributed by atoms with Crippen molar-refractivity contribution in [3.63, 3.8) is 0 Å². The van der Waals surface area contributed by atoms with E-state index in [0.29, 0.717) is 5.56 Å². The third kappa shape index (κ3) is 2.37. The van der Waals surface area contributed by atoms with Gasteiger partial charge in [-0.15, -0.1) is 0 Å². The highest BCUT2D eigenvalue weighted by Gasteiger charge is 2.51. The minimum atomic E-state index is -1.23. The summed E-state index contributed by atoms with van der Waals surface area (Å²) in [4.78, 5) is 36.3. The molecule has 2 rings (SSSR count). The fraction of sp³-hybridized carbons (Fsp3) is 0.400. The van der Waals surface area contributed by atoms with Crippen molar-refractivity contribution in [3.05, 3.63) is 35.4 Å². The molecule has 6 nitrogen and oxygen atoms in total. The van der Waals surface area contributed by atoms with Crippen LogP contribution in [0.15, 0.2) is 24.3 Å². The molecule has 1 aromatic rings. The third-order valence-corrected chi connectivity index (χ3v) is 3.91. The zero-order valence-corrected chi connectivity index (χ0v) is 12.2. The van der Waals surface area contributed by atoms with Gasteiger partial charge in [0.2, 0.25) is 0 Å². The number of rotatable bonds is 4. The molecule has 0 aromatic heterocycles. The molecular weight excluding hydrogens is 272 g/mol. The molecule has 1 aliphatic heterocycles. The second kappa shape index (κ2) is 5.20. The summed E-state index contributed by atoms with van der Waals surface area (Å²) in [5, 5.41) is 11.6. The monoisotopic (exact) mass is 290 g/mol. The molecule has 1 saturated heterocycles. The molecule has 2 N–H and O–H groups in total. The maximum Gasteiger partial charge on any atom is 0.326 e. The van der Waals surface area contributed by atoms with Crippen molar-refractivity contribution in [1.29, 1.82) is 0 Å². The van der Waals surface area contributed by atoms with E-state index >= 15 is 0 Å². The number of carbonyl (C=O) groups is 3. The van der Waals surface area contributed by atoms with E-state index in [9.17, 15) is 14.4 Å². The molecule has 1 aliphatic rings. The molecule has 112 valence electrons. The number of hydrogen-bond acceptors (Lipinski definition) is 3. The first-order valence-corrected chi connectivity index (χ1v) is 6.79. The van der Waals surface area contributed by atoms with Gasteiger partial charge in [-0.05, 0) is 31.4 Å². The second-order valence-electron chi connectivity index (χ2n) is 5.29. The number of benzene rings is 1. The average molecular weight is 290 g/mol. The van der Waals surface area contributed by atoms with Crippen LogP contribution in [0.5, 0.6) is 0 Å². The molecule has 6 heteroatoms. The van der Waals surface area contributed by atoms with Gasteiger partial charge in [0.1, 0.15) is 11.6 Å². The third-order valence-electron chi connectivity index (χ3n) is 3.91. The molecule has 3 amide bonds. The zero-order chi connectivity index (χ0) is 15.8. The van der Waals surface area contributed by atoms with Gasteiger partial charge in [0.05, 0.1) is 0 Å². The molecule has 0 bridgehead atoms. The van der Waals surface area contributed by atoms with E-state index < -0.39 is 29.5 Å². The lowest BCUT2D eigenvalue weighted by Crippen LogP contribution is -2.45. The minimum absolute atomic E-state index is 0.549. The number of aryl methyl sites for hydroxylation is 1. The van der Waals surface area contributed by atoms with Gasteiger partial charge >= 0.3 is 12.0 Å². The maximum absolute atomic E-state index is 12.5. The van der Waals surface area contributed by atoms with Crippen LogP contribution < -0.4 is 5.32 Å². The Morgan fingerprint density at radius 3 is 2.38 bits per heavy atom. The van der Waals surface area contributed by atoms with E-state index in [1.165, 1.54) is 6.92 Å². The first-order valence-electron chi connectivity index (χ1n) is 6.79. The van der Waals surface area contributed by atoms with Gasteiger partial charge in [-0.3, -0.25) is 4.79 Å². The topological polar surface area (TPSA) is 86.7 Å². The summed E-state index contributed by atoms with van der Waals surface area (Å²) in [5.41, 5.74) is 0.528. The van der Waals surface area contributed by atoms with Crippen molar-refractivity contribution in [1.82, 2.24) is 10.2 Å². The van der Waals surface area contributed by atoms with E-state index in [1.54, 1.807) is 19.1 Å². The number of carboxylic acids is 1. The number of nitrogens with one attached hydrogen (secondary N) is 1. The van der Waals surface area contributed by atoms with Crippen LogP contribution in [0.4, 0.5) is 4.79 Å². The zero-order valence-electron chi connectivity index (χ0n) is 12.2. The summed E-state index contributed by atoms with van der Waals surface area (Å²) in [6, 6.07) is 5.47. The minimum Gasteiger partial charge on any atom is -0.480 e. The number of amides is 3. The Labute approximate surface area is 122 Å². The molecule has 2 atom stereocenters. The highest BCUT2D eigenvalue weighted by molar-refractivity contribution is 6.09. The maximum atomic E-state index is 12.5. The summed E-state index contributed by atoms with van der Waals surface area (Å²) >= 11 is 0. The second-order valence-corrected chi connectivity index (χ2v) is 5.29. The molecule has 21 heavy (non-hydrogen) atoms. The van der Waals surface area contributed by atoms with Crippen LogP contribution in [0.25, 0.3) is 0 Å². The number of carboxylic acid groups (broad SMARTS) is 1. The fourth-order valence-electron chi connectivity index (χ4n) is 2.39. The largest absolute Gasteiger partial charge is 0.480 e. The van der Waals surface area contributed by atoms with Gasteiger partial charge < -0.3 is 10.4 Å². The number of aliphatic carboxylic acids is 1. The predicted molar refractivity (Wildman–Crippen MR) is 75.6 cm³/mol. The lowest BCUT2D eigenvalue weighted by atomic mass is 9.91. The van der Waals surface area contributed by atoms with Crippen molar-refractivity contribution in [2.45, 2.75) is 38.8 Å². The van der Waals surface area contributed by atoms with Gasteiger partial charge in [0, 0.05) is 0 Å². The molecule has 2 unspecified atom stereocenters. The first-order chi connectivity index (χ1) is 9.81. The van der Waals surface area contributed by atoms with Gasteiger partial charge in [0.15, 0.2) is 0 Å². The van der Waals surface area contributed by atoms with Crippen LogP contribution in [-0.4, -0.2) is 34.0 Å². The van der Waals surface area contributed by atoms with E-state index in [-0.39, 0.29) is 0 Å². The van der Waals surface area contributed by atoms with E-state index in [1.807, 2.05) is 19.1 Å². The summed E-state index contributed by atoms with van der Waals surface area (Å²) in [6.07, 6.45) is 0.874. The van der Waals surface area contributed by atoms with Gasteiger partial charge in [0.25, 0.3) is 5.91 Å². The predicted octanol–water partition coefficient (Wildman–Crippen LogP) is 1.49. The normalized spacial score (nSPS) is 23.1. The highest BCUT2D eigenvalue weighted by Crippen LogP contribution is 2.30. The lowest BCUT2D eigenvalue weighted by Gasteiger charge is -2.23. The molecule has 1 fully saturated rings. The first kappa shape index (κ1) is 15.0. The quantitative estimate of drug-likeness (QED) is 0.822. The Morgan fingerprint density at radius 1 is 1.33 bits per heavy atom. The number of carbonyl (C=O) groups excluding carboxylic acids is 2. The fourth-order valence-corrected chi connectivity index (χ4v) is 2.39. The summed E-state index contributed by atoms with van der Waals surface area (Å²) in [7, 11) is 0. The van der Waals surface area contributed by atoms with Crippen molar-refractivity contribution < 1.29 is 19.5 Å². The van der Waals surface area contributed by atoms with Crippen LogP contribution in [-0.2, 0) is 21.5 Å². The summed E-state index contributed by atoms with van der Waals surface area (Å²) in [6.45, 7) is 4.92. The molecule has 1 heterocycles. The van der Waals surface area contributed by atoms with Gasteiger partial charge in [-0.2, -0.15) is 0 Å². The van der Waals surface area contributed by atoms with E-state index in [0.717, 1.165) is 16.9 Å². The summed E-state index contributed by atoms with van der Waals surface area (Å²) < 4.78 is 0. The standard InChI is InChI=1S/C15H18N2O4/c1-4-10-5-7-11(8-6-10)15(3)13(20)17(14(21)16-15)9(2)12(18)19/h5-9H,4H2,1-3H3,(H,16,21)(H,18,19). The molecular formula is C15H18N2O4. The smallest absolute Gasteiger partial charge is 0.326 e. The van der Waals surface area contributed by atoms with Gasteiger partial charge in [-0.1, -0.05) is 31.2 Å². The Kier molecular flexibility index (Phi) is 3.72. The van der Waals surface area contributed by atoms with Crippen LogP contribution >= 0.6 is 0 Å². The molecule has 1 aromatic carbocycles. The Hall–Kier alpha value is -2.37. The lowest BCUT2D eigenvalue weighted by molar-refractivity contribution is -0.147. The average Bonchev–Trinajstić information content (AvgIpc) is 2.69. The van der Waals surface area contributed by atoms with Crippen LogP contribution in [0.3, 0.4) is 0 Å². The molecule has 0 radical (unpaired) electrons. The highest BCUT2D eigenvalue weighted by atomic mass is 16.4. The number of hydrogen-bond donors (Lipinski definition) is 2. The number of imide groups is 1. The van der Waals surface area contributed by atoms with E-state index in [4.69, 9.17) is 5.11 Å².